The summed E-state index contributed by atoms with van der Waals surface area (Å²) in [5, 5.41) is 4.49. The summed E-state index contributed by atoms with van der Waals surface area (Å²) in [6.45, 7) is 8.05. The molecule has 4 rings (SSSR count). The van der Waals surface area contributed by atoms with E-state index in [1.807, 2.05) is 41.8 Å². The molecule has 156 valence electrons. The highest BCUT2D eigenvalue weighted by Crippen LogP contribution is 2.20. The number of halogens is 2. The van der Waals surface area contributed by atoms with Crippen LogP contribution in [0.4, 0.5) is 14.5 Å². The van der Waals surface area contributed by atoms with Crippen molar-refractivity contribution in [1.29, 1.82) is 0 Å². The van der Waals surface area contributed by atoms with Gasteiger partial charge in [-0.2, -0.15) is 5.10 Å². The lowest BCUT2D eigenvalue weighted by atomic mass is 10.2. The smallest absolute Gasteiger partial charge is 0.156 e. The molecule has 1 aliphatic rings. The highest BCUT2D eigenvalue weighted by atomic mass is 19.1. The van der Waals surface area contributed by atoms with Gasteiger partial charge in [-0.1, -0.05) is 18.2 Å². The van der Waals surface area contributed by atoms with E-state index < -0.39 is 11.6 Å². The zero-order valence-electron chi connectivity index (χ0n) is 17.2. The SMILES string of the molecule is Cc1cccnc1-n1ncc(/C=C/CN2CCN(c3cc(F)cc(F)c3)CC2)c1C. The molecule has 0 amide bonds. The standard InChI is InChI=1S/C23H25F2N5/c1-17-5-3-7-26-23(17)30-18(2)19(16-27-30)6-4-8-28-9-11-29(12-10-28)22-14-20(24)13-21(25)15-22/h3-7,13-16H,8-12H2,1-2H3/b6-4+. The fourth-order valence-corrected chi connectivity index (χ4v) is 3.74. The lowest BCUT2D eigenvalue weighted by Gasteiger charge is -2.35. The maximum Gasteiger partial charge on any atom is 0.156 e. The molecule has 1 aliphatic heterocycles. The van der Waals surface area contributed by atoms with Gasteiger partial charge >= 0.3 is 0 Å². The highest BCUT2D eigenvalue weighted by Gasteiger charge is 2.17. The molecule has 2 aromatic heterocycles. The van der Waals surface area contributed by atoms with Gasteiger partial charge in [0.2, 0.25) is 0 Å². The number of hydrogen-bond donors (Lipinski definition) is 0. The molecule has 1 fully saturated rings. The van der Waals surface area contributed by atoms with E-state index in [0.29, 0.717) is 5.69 Å². The summed E-state index contributed by atoms with van der Waals surface area (Å²) in [7, 11) is 0. The molecule has 30 heavy (non-hydrogen) atoms. The molecule has 3 aromatic rings. The molecule has 1 saturated heterocycles. The normalized spacial score (nSPS) is 15.3. The van der Waals surface area contributed by atoms with Crippen molar-refractivity contribution in [2.45, 2.75) is 13.8 Å². The molecule has 0 N–H and O–H groups in total. The Morgan fingerprint density at radius 1 is 1.03 bits per heavy atom. The summed E-state index contributed by atoms with van der Waals surface area (Å²) < 4.78 is 28.8. The monoisotopic (exact) mass is 409 g/mol. The number of rotatable bonds is 5. The van der Waals surface area contributed by atoms with E-state index in [2.05, 4.69) is 27.1 Å². The maximum absolute atomic E-state index is 13.5. The topological polar surface area (TPSA) is 37.2 Å². The third-order valence-electron chi connectivity index (χ3n) is 5.48. The molecule has 7 heteroatoms. The van der Waals surface area contributed by atoms with Crippen LogP contribution in [0.3, 0.4) is 0 Å². The fourth-order valence-electron chi connectivity index (χ4n) is 3.74. The third-order valence-corrected chi connectivity index (χ3v) is 5.48. The number of hydrogen-bond acceptors (Lipinski definition) is 4. The molecule has 0 atom stereocenters. The summed E-state index contributed by atoms with van der Waals surface area (Å²) in [6, 6.07) is 7.63. The van der Waals surface area contributed by atoms with Crippen LogP contribution in [-0.4, -0.2) is 52.4 Å². The summed E-state index contributed by atoms with van der Waals surface area (Å²) in [4.78, 5) is 8.78. The van der Waals surface area contributed by atoms with Gasteiger partial charge in [0, 0.05) is 56.2 Å². The molecule has 5 nitrogen and oxygen atoms in total. The van der Waals surface area contributed by atoms with Crippen LogP contribution in [0.5, 0.6) is 0 Å². The van der Waals surface area contributed by atoms with Gasteiger partial charge in [-0.25, -0.2) is 18.4 Å². The van der Waals surface area contributed by atoms with Crippen molar-refractivity contribution < 1.29 is 8.78 Å². The van der Waals surface area contributed by atoms with Crippen LogP contribution in [0.2, 0.25) is 0 Å². The zero-order valence-corrected chi connectivity index (χ0v) is 17.2. The summed E-state index contributed by atoms with van der Waals surface area (Å²) >= 11 is 0. The first-order valence-corrected chi connectivity index (χ1v) is 10.1. The van der Waals surface area contributed by atoms with Gasteiger partial charge in [0.25, 0.3) is 0 Å². The van der Waals surface area contributed by atoms with Crippen LogP contribution in [0, 0.1) is 25.5 Å². The van der Waals surface area contributed by atoms with Crippen LogP contribution < -0.4 is 4.90 Å². The molecule has 3 heterocycles. The molecule has 0 spiro atoms. The molecule has 1 aromatic carbocycles. The first-order chi connectivity index (χ1) is 14.5. The second-order valence-electron chi connectivity index (χ2n) is 7.56. The minimum absolute atomic E-state index is 0.535. The van der Waals surface area contributed by atoms with E-state index in [4.69, 9.17) is 0 Å². The van der Waals surface area contributed by atoms with E-state index in [1.165, 1.54) is 12.1 Å². The minimum atomic E-state index is -0.535. The Bertz CT molecular complexity index is 1030. The van der Waals surface area contributed by atoms with Gasteiger partial charge in [-0.15, -0.1) is 0 Å². The Labute approximate surface area is 175 Å². The van der Waals surface area contributed by atoms with Crippen molar-refractivity contribution in [1.82, 2.24) is 19.7 Å². The predicted molar refractivity (Wildman–Crippen MR) is 115 cm³/mol. The van der Waals surface area contributed by atoms with Crippen LogP contribution in [0.15, 0.2) is 48.8 Å². The lowest BCUT2D eigenvalue weighted by molar-refractivity contribution is 0.284. The third kappa shape index (κ3) is 4.41. The fraction of sp³-hybridized carbons (Fsp3) is 0.304. The van der Waals surface area contributed by atoms with Crippen LogP contribution in [0.1, 0.15) is 16.8 Å². The average Bonchev–Trinajstić information content (AvgIpc) is 3.08. The number of pyridine rings is 1. The van der Waals surface area contributed by atoms with E-state index >= 15 is 0 Å². The number of piperazine rings is 1. The summed E-state index contributed by atoms with van der Waals surface area (Å²) in [5.74, 6) is -0.223. The highest BCUT2D eigenvalue weighted by molar-refractivity contribution is 5.52. The molecule has 0 aliphatic carbocycles. The van der Waals surface area contributed by atoms with E-state index in [9.17, 15) is 8.78 Å². The van der Waals surface area contributed by atoms with E-state index in [1.54, 1.807) is 6.20 Å². The van der Waals surface area contributed by atoms with E-state index in [0.717, 1.165) is 61.4 Å². The number of benzene rings is 1. The van der Waals surface area contributed by atoms with Crippen molar-refractivity contribution >= 4 is 11.8 Å². The van der Waals surface area contributed by atoms with Gasteiger partial charge < -0.3 is 4.90 Å². The first-order valence-electron chi connectivity index (χ1n) is 10.1. The minimum Gasteiger partial charge on any atom is -0.369 e. The van der Waals surface area contributed by atoms with Crippen LogP contribution in [0.25, 0.3) is 11.9 Å². The van der Waals surface area contributed by atoms with Crippen molar-refractivity contribution in [2.75, 3.05) is 37.6 Å². The number of nitrogens with zero attached hydrogens (tertiary/aromatic N) is 5. The Morgan fingerprint density at radius 3 is 2.47 bits per heavy atom. The maximum atomic E-state index is 13.5. The van der Waals surface area contributed by atoms with Crippen molar-refractivity contribution in [3.8, 4) is 5.82 Å². The Kier molecular flexibility index (Phi) is 5.90. The van der Waals surface area contributed by atoms with Gasteiger partial charge in [-0.05, 0) is 37.6 Å². The molecule has 0 bridgehead atoms. The summed E-state index contributed by atoms with van der Waals surface area (Å²) in [6.07, 6.45) is 7.86. The Balaban J connectivity index is 1.34. The lowest BCUT2D eigenvalue weighted by Crippen LogP contribution is -2.46. The Hall–Kier alpha value is -3.06. The largest absolute Gasteiger partial charge is 0.369 e. The zero-order chi connectivity index (χ0) is 21.1. The number of aromatic nitrogens is 3. The molecule has 0 unspecified atom stereocenters. The number of anilines is 1. The second kappa shape index (κ2) is 8.75. The van der Waals surface area contributed by atoms with Gasteiger partial charge in [-0.3, -0.25) is 4.90 Å². The quantitative estimate of drug-likeness (QED) is 0.638. The average molecular weight is 409 g/mol. The van der Waals surface area contributed by atoms with Crippen LogP contribution in [-0.2, 0) is 0 Å². The van der Waals surface area contributed by atoms with Crippen molar-refractivity contribution in [3.05, 3.63) is 77.3 Å². The molecular formula is C23H25F2N5. The van der Waals surface area contributed by atoms with Gasteiger partial charge in [0.05, 0.1) is 11.9 Å². The Morgan fingerprint density at radius 2 is 1.77 bits per heavy atom. The van der Waals surface area contributed by atoms with Gasteiger partial charge in [0.15, 0.2) is 5.82 Å². The number of aryl methyl sites for hydroxylation is 1. The van der Waals surface area contributed by atoms with E-state index in [-0.39, 0.29) is 0 Å². The molecule has 0 saturated carbocycles. The van der Waals surface area contributed by atoms with Crippen molar-refractivity contribution in [3.63, 3.8) is 0 Å². The van der Waals surface area contributed by atoms with Crippen molar-refractivity contribution in [2.24, 2.45) is 0 Å². The van der Waals surface area contributed by atoms with Gasteiger partial charge in [0.1, 0.15) is 11.6 Å². The molecule has 0 radical (unpaired) electrons. The summed E-state index contributed by atoms with van der Waals surface area (Å²) in [5.41, 5.74) is 3.80. The molecular weight excluding hydrogens is 384 g/mol. The predicted octanol–water partition coefficient (Wildman–Crippen LogP) is 4.00. The first kappa shape index (κ1) is 20.2. The van der Waals surface area contributed by atoms with Crippen LogP contribution >= 0.6 is 0 Å². The second-order valence-corrected chi connectivity index (χ2v) is 7.56.